The van der Waals surface area contributed by atoms with Gasteiger partial charge in [-0.15, -0.1) is 0 Å². The van der Waals surface area contributed by atoms with E-state index < -0.39 is 11.9 Å². The molecule has 0 heterocycles. The van der Waals surface area contributed by atoms with Gasteiger partial charge in [0.25, 0.3) is 11.8 Å². The molecule has 0 saturated heterocycles. The fourth-order valence-electron chi connectivity index (χ4n) is 1.88. The van der Waals surface area contributed by atoms with E-state index in [1.807, 2.05) is 32.0 Å². The standard InChI is InChI=1S/C16H23BrN4O3/c1-11(2)8-18-16(24)20-15(23)10-21(3)9-14(22)19-13-7-5-4-6-12(13)17/h4-7,11H,8-10H2,1-3H3,(H,19,22)(H2,18,20,23,24)/p+1. The topological polar surface area (TPSA) is 91.7 Å². The van der Waals surface area contributed by atoms with Crippen LogP contribution in [0.2, 0.25) is 0 Å². The Balaban J connectivity index is 2.35. The minimum Gasteiger partial charge on any atom is -0.338 e. The van der Waals surface area contributed by atoms with Crippen LogP contribution in [-0.2, 0) is 9.59 Å². The summed E-state index contributed by atoms with van der Waals surface area (Å²) in [5.41, 5.74) is 0.674. The van der Waals surface area contributed by atoms with Crippen molar-refractivity contribution in [2.75, 3.05) is 32.0 Å². The summed E-state index contributed by atoms with van der Waals surface area (Å²) in [4.78, 5) is 35.9. The molecule has 132 valence electrons. The smallest absolute Gasteiger partial charge is 0.321 e. The second kappa shape index (κ2) is 10.0. The van der Waals surface area contributed by atoms with E-state index in [4.69, 9.17) is 0 Å². The summed E-state index contributed by atoms with van der Waals surface area (Å²) in [5.74, 6) is -0.334. The van der Waals surface area contributed by atoms with Crippen LogP contribution in [-0.4, -0.2) is 44.5 Å². The molecule has 1 atom stereocenters. The normalized spacial score (nSPS) is 11.7. The predicted octanol–water partition coefficient (Wildman–Crippen LogP) is 0.384. The third-order valence-electron chi connectivity index (χ3n) is 3.00. The van der Waals surface area contributed by atoms with Crippen molar-refractivity contribution in [2.24, 2.45) is 5.92 Å². The van der Waals surface area contributed by atoms with E-state index in [1.165, 1.54) is 0 Å². The fourth-order valence-corrected chi connectivity index (χ4v) is 2.26. The highest BCUT2D eigenvalue weighted by Crippen LogP contribution is 2.20. The number of hydrogen-bond donors (Lipinski definition) is 4. The summed E-state index contributed by atoms with van der Waals surface area (Å²) in [5, 5.41) is 7.62. The van der Waals surface area contributed by atoms with Gasteiger partial charge in [-0.05, 0) is 34.0 Å². The van der Waals surface area contributed by atoms with Crippen LogP contribution in [0.25, 0.3) is 0 Å². The van der Waals surface area contributed by atoms with Crippen LogP contribution in [0.1, 0.15) is 13.8 Å². The lowest BCUT2D eigenvalue weighted by Gasteiger charge is -2.14. The van der Waals surface area contributed by atoms with Gasteiger partial charge in [-0.25, -0.2) is 4.79 Å². The van der Waals surface area contributed by atoms with Gasteiger partial charge in [-0.2, -0.15) is 0 Å². The van der Waals surface area contributed by atoms with Crippen LogP contribution in [0.4, 0.5) is 10.5 Å². The third-order valence-corrected chi connectivity index (χ3v) is 3.69. The number of likely N-dealkylation sites (N-methyl/N-ethyl adjacent to an activating group) is 1. The van der Waals surface area contributed by atoms with Crippen LogP contribution < -0.4 is 20.9 Å². The Morgan fingerprint density at radius 2 is 1.75 bits per heavy atom. The van der Waals surface area contributed by atoms with Crippen LogP contribution in [0, 0.1) is 5.92 Å². The zero-order chi connectivity index (χ0) is 18.1. The lowest BCUT2D eigenvalue weighted by atomic mass is 10.2. The molecule has 0 aliphatic rings. The number of carbonyl (C=O) groups is 3. The van der Waals surface area contributed by atoms with Gasteiger partial charge >= 0.3 is 6.03 Å². The van der Waals surface area contributed by atoms with Crippen molar-refractivity contribution in [1.82, 2.24) is 10.6 Å². The number of anilines is 1. The van der Waals surface area contributed by atoms with Gasteiger partial charge in [0.1, 0.15) is 0 Å². The molecule has 8 heteroatoms. The van der Waals surface area contributed by atoms with Gasteiger partial charge in [0.2, 0.25) is 0 Å². The quantitative estimate of drug-likeness (QED) is 0.534. The molecule has 1 rings (SSSR count). The first kappa shape index (κ1) is 20.1. The number of halogens is 1. The summed E-state index contributed by atoms with van der Waals surface area (Å²) >= 11 is 3.35. The number of rotatable bonds is 7. The number of amides is 4. The number of benzene rings is 1. The molecular weight excluding hydrogens is 376 g/mol. The minimum atomic E-state index is -0.515. The molecule has 0 saturated carbocycles. The number of para-hydroxylation sites is 1. The molecule has 0 aromatic heterocycles. The second-order valence-corrected chi connectivity index (χ2v) is 6.85. The molecule has 0 aliphatic carbocycles. The van der Waals surface area contributed by atoms with Crippen molar-refractivity contribution in [3.8, 4) is 0 Å². The molecule has 24 heavy (non-hydrogen) atoms. The van der Waals surface area contributed by atoms with E-state index in [-0.39, 0.29) is 19.0 Å². The van der Waals surface area contributed by atoms with Crippen molar-refractivity contribution in [1.29, 1.82) is 0 Å². The number of imide groups is 1. The molecule has 0 bridgehead atoms. The second-order valence-electron chi connectivity index (χ2n) is 5.99. The average molecular weight is 400 g/mol. The first-order valence-electron chi connectivity index (χ1n) is 7.71. The SMILES string of the molecule is CC(C)CNC(=O)NC(=O)C[NH+](C)CC(=O)Nc1ccccc1Br. The zero-order valence-electron chi connectivity index (χ0n) is 14.1. The molecular formula is C16H24BrN4O3+. The Morgan fingerprint density at radius 1 is 1.12 bits per heavy atom. The number of nitrogens with one attached hydrogen (secondary N) is 4. The Labute approximate surface area is 150 Å². The highest BCUT2D eigenvalue weighted by Gasteiger charge is 2.16. The van der Waals surface area contributed by atoms with E-state index in [0.717, 1.165) is 4.47 Å². The summed E-state index contributed by atoms with van der Waals surface area (Å²) in [7, 11) is 1.71. The Hall–Kier alpha value is -1.93. The van der Waals surface area contributed by atoms with Crippen molar-refractivity contribution >= 4 is 39.5 Å². The summed E-state index contributed by atoms with van der Waals surface area (Å²) < 4.78 is 0.788. The number of carbonyl (C=O) groups excluding carboxylic acids is 3. The number of quaternary nitrogens is 1. The van der Waals surface area contributed by atoms with Crippen LogP contribution in [0.5, 0.6) is 0 Å². The average Bonchev–Trinajstić information content (AvgIpc) is 2.47. The molecule has 1 aromatic carbocycles. The maximum absolute atomic E-state index is 12.0. The Morgan fingerprint density at radius 3 is 2.38 bits per heavy atom. The van der Waals surface area contributed by atoms with Crippen molar-refractivity contribution in [2.45, 2.75) is 13.8 Å². The lowest BCUT2D eigenvalue weighted by Crippen LogP contribution is -3.11. The minimum absolute atomic E-state index is 0.0263. The molecule has 1 aromatic rings. The predicted molar refractivity (Wildman–Crippen MR) is 95.8 cm³/mol. The largest absolute Gasteiger partial charge is 0.338 e. The molecule has 1 unspecified atom stereocenters. The van der Waals surface area contributed by atoms with E-state index in [2.05, 4.69) is 31.9 Å². The number of urea groups is 1. The van der Waals surface area contributed by atoms with Crippen molar-refractivity contribution < 1.29 is 19.3 Å². The van der Waals surface area contributed by atoms with E-state index in [9.17, 15) is 14.4 Å². The molecule has 0 aliphatic heterocycles. The van der Waals surface area contributed by atoms with Crippen LogP contribution in [0.3, 0.4) is 0 Å². The van der Waals surface area contributed by atoms with Gasteiger partial charge in [-0.1, -0.05) is 26.0 Å². The van der Waals surface area contributed by atoms with E-state index in [1.54, 1.807) is 13.1 Å². The van der Waals surface area contributed by atoms with E-state index in [0.29, 0.717) is 23.0 Å². The molecule has 4 amide bonds. The maximum Gasteiger partial charge on any atom is 0.321 e. The van der Waals surface area contributed by atoms with Crippen molar-refractivity contribution in [3.63, 3.8) is 0 Å². The van der Waals surface area contributed by atoms with Gasteiger partial charge in [-0.3, -0.25) is 14.9 Å². The monoisotopic (exact) mass is 399 g/mol. The summed E-state index contributed by atoms with van der Waals surface area (Å²) in [6.45, 7) is 4.56. The first-order valence-corrected chi connectivity index (χ1v) is 8.50. The Bertz CT molecular complexity index is 592. The highest BCUT2D eigenvalue weighted by atomic mass is 79.9. The van der Waals surface area contributed by atoms with Gasteiger partial charge < -0.3 is 15.5 Å². The fraction of sp³-hybridized carbons (Fsp3) is 0.438. The summed E-state index contributed by atoms with van der Waals surface area (Å²) in [6.07, 6.45) is 0. The molecule has 0 spiro atoms. The van der Waals surface area contributed by atoms with Crippen molar-refractivity contribution in [3.05, 3.63) is 28.7 Å². The zero-order valence-corrected chi connectivity index (χ0v) is 15.7. The molecule has 0 fully saturated rings. The first-order chi connectivity index (χ1) is 11.3. The molecule has 7 nitrogen and oxygen atoms in total. The summed E-state index contributed by atoms with van der Waals surface area (Å²) in [6, 6.07) is 6.77. The van der Waals surface area contributed by atoms with Crippen LogP contribution >= 0.6 is 15.9 Å². The van der Waals surface area contributed by atoms with Crippen LogP contribution in [0.15, 0.2) is 28.7 Å². The van der Waals surface area contributed by atoms with Gasteiger partial charge in [0, 0.05) is 11.0 Å². The van der Waals surface area contributed by atoms with E-state index >= 15 is 0 Å². The highest BCUT2D eigenvalue weighted by molar-refractivity contribution is 9.10. The third kappa shape index (κ3) is 8.07. The molecule has 4 N–H and O–H groups in total. The lowest BCUT2D eigenvalue weighted by molar-refractivity contribution is -0.862. The van der Waals surface area contributed by atoms with Gasteiger partial charge in [0.05, 0.1) is 12.7 Å². The van der Waals surface area contributed by atoms with Gasteiger partial charge in [0.15, 0.2) is 13.1 Å². The Kier molecular flexibility index (Phi) is 8.42. The molecule has 0 radical (unpaired) electrons. The maximum atomic E-state index is 12.0. The number of hydrogen-bond acceptors (Lipinski definition) is 3.